The largest absolute Gasteiger partial charge is 0.492 e. The summed E-state index contributed by atoms with van der Waals surface area (Å²) in [5, 5.41) is 3.11. The van der Waals surface area contributed by atoms with Gasteiger partial charge >= 0.3 is 0 Å². The molecule has 0 radical (unpaired) electrons. The molecule has 0 unspecified atom stereocenters. The molecule has 0 fully saturated rings. The Kier molecular flexibility index (Phi) is 4.66. The minimum atomic E-state index is 0.555. The molecule has 4 heteroatoms. The van der Waals surface area contributed by atoms with Crippen molar-refractivity contribution < 1.29 is 4.74 Å². The number of aromatic nitrogens is 2. The number of hydrogen-bond acceptors (Lipinski definition) is 2. The molecule has 0 saturated carbocycles. The highest BCUT2D eigenvalue weighted by molar-refractivity contribution is 6.30. The van der Waals surface area contributed by atoms with Crippen LogP contribution in [0, 0.1) is 0 Å². The number of imidazole rings is 1. The first-order valence-electron chi connectivity index (χ1n) is 9.61. The van der Waals surface area contributed by atoms with E-state index in [0.29, 0.717) is 13.2 Å². The number of halogens is 1. The summed E-state index contributed by atoms with van der Waals surface area (Å²) in [4.78, 5) is 4.84. The average molecular weight is 399 g/mol. The topological polar surface area (TPSA) is 27.1 Å². The van der Waals surface area contributed by atoms with Crippen LogP contribution in [-0.4, -0.2) is 16.2 Å². The van der Waals surface area contributed by atoms with Gasteiger partial charge in [-0.25, -0.2) is 4.98 Å². The lowest BCUT2D eigenvalue weighted by Crippen LogP contribution is -2.09. The zero-order valence-corrected chi connectivity index (χ0v) is 16.5. The summed E-state index contributed by atoms with van der Waals surface area (Å²) in [6, 6.07) is 30.5. The summed E-state index contributed by atoms with van der Waals surface area (Å²) >= 11 is 6.06. The third-order valence-electron chi connectivity index (χ3n) is 5.06. The number of para-hydroxylation sites is 2. The van der Waals surface area contributed by atoms with Crippen LogP contribution >= 0.6 is 11.6 Å². The van der Waals surface area contributed by atoms with Gasteiger partial charge < -0.3 is 9.30 Å². The zero-order chi connectivity index (χ0) is 19.6. The lowest BCUT2D eigenvalue weighted by molar-refractivity contribution is 0.301. The summed E-state index contributed by atoms with van der Waals surface area (Å²) in [6.07, 6.45) is 0. The second-order valence-electron chi connectivity index (χ2n) is 6.94. The van der Waals surface area contributed by atoms with Gasteiger partial charge in [0.1, 0.15) is 18.2 Å². The molecule has 0 bridgehead atoms. The molecular formula is C25H19ClN2O. The fourth-order valence-corrected chi connectivity index (χ4v) is 3.76. The van der Waals surface area contributed by atoms with Crippen LogP contribution in [-0.2, 0) is 6.54 Å². The highest BCUT2D eigenvalue weighted by atomic mass is 35.5. The number of ether oxygens (including phenoxy) is 1. The number of rotatable bonds is 5. The van der Waals surface area contributed by atoms with Gasteiger partial charge in [0.15, 0.2) is 0 Å². The molecule has 0 aliphatic rings. The minimum Gasteiger partial charge on any atom is -0.492 e. The Morgan fingerprint density at radius 2 is 1.55 bits per heavy atom. The predicted octanol–water partition coefficient (Wildman–Crippen LogP) is 6.59. The molecule has 0 spiro atoms. The average Bonchev–Trinajstić information content (AvgIpc) is 3.13. The van der Waals surface area contributed by atoms with Crippen molar-refractivity contribution in [2.24, 2.45) is 0 Å². The Morgan fingerprint density at radius 1 is 0.793 bits per heavy atom. The molecule has 1 aromatic heterocycles. The molecule has 0 aliphatic carbocycles. The van der Waals surface area contributed by atoms with E-state index in [2.05, 4.69) is 34.9 Å². The van der Waals surface area contributed by atoms with Gasteiger partial charge in [0.2, 0.25) is 0 Å². The van der Waals surface area contributed by atoms with Crippen LogP contribution in [0.1, 0.15) is 0 Å². The van der Waals surface area contributed by atoms with Gasteiger partial charge in [-0.3, -0.25) is 0 Å². The van der Waals surface area contributed by atoms with Gasteiger partial charge in [-0.2, -0.15) is 0 Å². The van der Waals surface area contributed by atoms with Gasteiger partial charge in [-0.1, -0.05) is 54.1 Å². The maximum atomic E-state index is 6.08. The van der Waals surface area contributed by atoms with E-state index in [1.165, 1.54) is 10.8 Å². The van der Waals surface area contributed by atoms with Gasteiger partial charge in [0.05, 0.1) is 17.6 Å². The molecular weight excluding hydrogens is 380 g/mol. The van der Waals surface area contributed by atoms with E-state index >= 15 is 0 Å². The maximum absolute atomic E-state index is 6.08. The van der Waals surface area contributed by atoms with Gasteiger partial charge in [0.25, 0.3) is 0 Å². The molecule has 0 atom stereocenters. The normalized spacial score (nSPS) is 11.2. The standard InChI is InChI=1S/C25H19ClN2O/c26-21-12-9-19(10-13-21)25-27-23-7-3-4-8-24(23)28(25)15-16-29-22-14-11-18-5-1-2-6-20(18)17-22/h1-14,17H,15-16H2. The van der Waals surface area contributed by atoms with E-state index < -0.39 is 0 Å². The first kappa shape index (κ1) is 17.8. The molecule has 0 aliphatic heterocycles. The summed E-state index contributed by atoms with van der Waals surface area (Å²) in [6.45, 7) is 1.25. The number of fused-ring (bicyclic) bond motifs is 2. The molecule has 1 heterocycles. The van der Waals surface area contributed by atoms with Crippen molar-refractivity contribution in [1.82, 2.24) is 9.55 Å². The molecule has 142 valence electrons. The fraction of sp³-hybridized carbons (Fsp3) is 0.0800. The SMILES string of the molecule is Clc1ccc(-c2nc3ccccc3n2CCOc2ccc3ccccc3c2)cc1. The number of benzene rings is 4. The van der Waals surface area contributed by atoms with Crippen molar-refractivity contribution in [2.45, 2.75) is 6.54 Å². The number of nitrogens with zero attached hydrogens (tertiary/aromatic N) is 2. The Bertz CT molecular complexity index is 1290. The first-order valence-corrected chi connectivity index (χ1v) is 9.98. The lowest BCUT2D eigenvalue weighted by Gasteiger charge is -2.11. The third kappa shape index (κ3) is 3.57. The Hall–Kier alpha value is -3.30. The van der Waals surface area contributed by atoms with Crippen molar-refractivity contribution in [3.05, 3.63) is 96.0 Å². The first-order chi connectivity index (χ1) is 14.3. The zero-order valence-electron chi connectivity index (χ0n) is 15.8. The second-order valence-corrected chi connectivity index (χ2v) is 7.38. The lowest BCUT2D eigenvalue weighted by atomic mass is 10.1. The Labute approximate surface area is 174 Å². The summed E-state index contributed by atoms with van der Waals surface area (Å²) in [7, 11) is 0. The fourth-order valence-electron chi connectivity index (χ4n) is 3.63. The van der Waals surface area contributed by atoms with E-state index in [4.69, 9.17) is 21.3 Å². The molecule has 29 heavy (non-hydrogen) atoms. The molecule has 0 saturated heterocycles. The second kappa shape index (κ2) is 7.61. The molecule has 0 amide bonds. The molecule has 5 aromatic rings. The van der Waals surface area contributed by atoms with Crippen LogP contribution < -0.4 is 4.74 Å². The molecule has 0 N–H and O–H groups in total. The van der Waals surface area contributed by atoms with Gasteiger partial charge in [-0.05, 0) is 59.3 Å². The van der Waals surface area contributed by atoms with Crippen LogP contribution in [0.5, 0.6) is 5.75 Å². The third-order valence-corrected chi connectivity index (χ3v) is 5.31. The summed E-state index contributed by atoms with van der Waals surface area (Å²) in [5.41, 5.74) is 3.11. The van der Waals surface area contributed by atoms with Crippen molar-refractivity contribution in [1.29, 1.82) is 0 Å². The summed E-state index contributed by atoms with van der Waals surface area (Å²) < 4.78 is 8.28. The van der Waals surface area contributed by atoms with Crippen LogP contribution in [0.3, 0.4) is 0 Å². The van der Waals surface area contributed by atoms with Crippen molar-refractivity contribution in [3.63, 3.8) is 0 Å². The highest BCUT2D eigenvalue weighted by Crippen LogP contribution is 2.26. The molecule has 3 nitrogen and oxygen atoms in total. The van der Waals surface area contributed by atoms with Crippen LogP contribution in [0.15, 0.2) is 91.0 Å². The van der Waals surface area contributed by atoms with E-state index in [-0.39, 0.29) is 0 Å². The predicted molar refractivity (Wildman–Crippen MR) is 120 cm³/mol. The van der Waals surface area contributed by atoms with E-state index in [9.17, 15) is 0 Å². The van der Waals surface area contributed by atoms with Gasteiger partial charge in [0, 0.05) is 10.6 Å². The van der Waals surface area contributed by atoms with E-state index in [1.54, 1.807) is 0 Å². The number of hydrogen-bond donors (Lipinski definition) is 0. The Balaban J connectivity index is 1.43. The quantitative estimate of drug-likeness (QED) is 0.334. The highest BCUT2D eigenvalue weighted by Gasteiger charge is 2.12. The maximum Gasteiger partial charge on any atom is 0.141 e. The van der Waals surface area contributed by atoms with Crippen molar-refractivity contribution >= 4 is 33.4 Å². The molecule has 5 rings (SSSR count). The van der Waals surface area contributed by atoms with Crippen LogP contribution in [0.25, 0.3) is 33.2 Å². The molecule has 4 aromatic carbocycles. The smallest absolute Gasteiger partial charge is 0.141 e. The monoisotopic (exact) mass is 398 g/mol. The van der Waals surface area contributed by atoms with E-state index in [0.717, 1.165) is 33.2 Å². The van der Waals surface area contributed by atoms with Crippen molar-refractivity contribution in [3.8, 4) is 17.1 Å². The minimum absolute atomic E-state index is 0.555. The van der Waals surface area contributed by atoms with Crippen molar-refractivity contribution in [2.75, 3.05) is 6.61 Å². The van der Waals surface area contributed by atoms with Crippen LogP contribution in [0.4, 0.5) is 0 Å². The Morgan fingerprint density at radius 3 is 2.41 bits per heavy atom. The van der Waals surface area contributed by atoms with Gasteiger partial charge in [-0.15, -0.1) is 0 Å². The van der Waals surface area contributed by atoms with Crippen LogP contribution in [0.2, 0.25) is 5.02 Å². The van der Waals surface area contributed by atoms with E-state index in [1.807, 2.05) is 60.7 Å². The summed E-state index contributed by atoms with van der Waals surface area (Å²) in [5.74, 6) is 1.80.